The van der Waals surface area contributed by atoms with Crippen molar-refractivity contribution in [2.45, 2.75) is 18.7 Å². The molecule has 6 heteroatoms. The molecule has 156 valence electrons. The van der Waals surface area contributed by atoms with Gasteiger partial charge < -0.3 is 4.74 Å². The zero-order valence-corrected chi connectivity index (χ0v) is 18.9. The summed E-state index contributed by atoms with van der Waals surface area (Å²) in [6, 6.07) is 19.9. The minimum Gasteiger partial charge on any atom is -0.497 e. The number of ether oxygens (including phenoxy) is 1. The van der Waals surface area contributed by atoms with Crippen LogP contribution < -0.4 is 9.64 Å². The van der Waals surface area contributed by atoms with Crippen molar-refractivity contribution in [1.82, 2.24) is 0 Å². The van der Waals surface area contributed by atoms with Gasteiger partial charge >= 0.3 is 0 Å². The molecule has 0 spiro atoms. The third-order valence-electron chi connectivity index (χ3n) is 5.20. The van der Waals surface area contributed by atoms with Gasteiger partial charge in [0.2, 0.25) is 0 Å². The van der Waals surface area contributed by atoms with E-state index in [2.05, 4.69) is 0 Å². The van der Waals surface area contributed by atoms with Gasteiger partial charge in [-0.25, -0.2) is 4.90 Å². The Morgan fingerprint density at radius 1 is 0.839 bits per heavy atom. The van der Waals surface area contributed by atoms with E-state index in [4.69, 9.17) is 16.3 Å². The quantitative estimate of drug-likeness (QED) is 0.445. The normalized spacial score (nSPS) is 13.9. The highest BCUT2D eigenvalue weighted by atomic mass is 35.5. The maximum absolute atomic E-state index is 13.5. The second-order valence-corrected chi connectivity index (χ2v) is 8.72. The van der Waals surface area contributed by atoms with Crippen LogP contribution in [0.4, 0.5) is 5.69 Å². The molecule has 1 aliphatic rings. The van der Waals surface area contributed by atoms with Gasteiger partial charge in [0, 0.05) is 9.92 Å². The lowest BCUT2D eigenvalue weighted by molar-refractivity contribution is -0.119. The Morgan fingerprint density at radius 2 is 1.52 bits per heavy atom. The van der Waals surface area contributed by atoms with Crippen LogP contribution in [-0.4, -0.2) is 18.9 Å². The number of amides is 2. The molecular formula is C25H20ClNO3S. The zero-order chi connectivity index (χ0) is 22.1. The van der Waals surface area contributed by atoms with Crippen LogP contribution >= 0.6 is 23.4 Å². The van der Waals surface area contributed by atoms with Crippen molar-refractivity contribution >= 4 is 46.4 Å². The first-order valence-electron chi connectivity index (χ1n) is 9.67. The highest BCUT2D eigenvalue weighted by Crippen LogP contribution is 2.42. The Hall–Kier alpha value is -3.02. The van der Waals surface area contributed by atoms with Crippen LogP contribution in [-0.2, 0) is 9.59 Å². The third kappa shape index (κ3) is 4.11. The molecule has 1 heterocycles. The Bertz CT molecular complexity index is 1200. The first-order valence-corrected chi connectivity index (χ1v) is 10.9. The van der Waals surface area contributed by atoms with E-state index in [1.165, 1.54) is 16.7 Å². The molecule has 0 radical (unpaired) electrons. The van der Waals surface area contributed by atoms with Crippen LogP contribution in [0, 0.1) is 13.8 Å². The van der Waals surface area contributed by atoms with Crippen molar-refractivity contribution in [3.05, 3.63) is 93.3 Å². The Kier molecular flexibility index (Phi) is 5.90. The highest BCUT2D eigenvalue weighted by molar-refractivity contribution is 8.04. The number of thioether (sulfide) groups is 1. The fourth-order valence-corrected chi connectivity index (χ4v) is 4.46. The monoisotopic (exact) mass is 449 g/mol. The molecular weight excluding hydrogens is 430 g/mol. The smallest absolute Gasteiger partial charge is 0.272 e. The lowest BCUT2D eigenvalue weighted by Crippen LogP contribution is -2.31. The van der Waals surface area contributed by atoms with Crippen LogP contribution in [0.2, 0.25) is 5.02 Å². The number of hydrogen-bond donors (Lipinski definition) is 0. The third-order valence-corrected chi connectivity index (χ3v) is 6.54. The lowest BCUT2D eigenvalue weighted by atomic mass is 10.1. The van der Waals surface area contributed by atoms with Gasteiger partial charge in [-0.3, -0.25) is 9.59 Å². The number of halogens is 1. The van der Waals surface area contributed by atoms with Crippen LogP contribution in [0.25, 0.3) is 5.57 Å². The number of hydrogen-bond acceptors (Lipinski definition) is 4. The summed E-state index contributed by atoms with van der Waals surface area (Å²) < 4.78 is 5.23. The maximum Gasteiger partial charge on any atom is 0.272 e. The maximum atomic E-state index is 13.5. The first-order chi connectivity index (χ1) is 14.9. The molecule has 0 saturated heterocycles. The molecule has 0 aliphatic carbocycles. The van der Waals surface area contributed by atoms with Crippen LogP contribution in [0.15, 0.2) is 76.5 Å². The second kappa shape index (κ2) is 8.61. The topological polar surface area (TPSA) is 46.6 Å². The van der Waals surface area contributed by atoms with E-state index in [1.54, 1.807) is 49.6 Å². The number of aryl methyl sites for hydroxylation is 2. The van der Waals surface area contributed by atoms with E-state index in [0.29, 0.717) is 32.5 Å². The summed E-state index contributed by atoms with van der Waals surface area (Å²) in [4.78, 5) is 29.4. The van der Waals surface area contributed by atoms with Crippen molar-refractivity contribution in [1.29, 1.82) is 0 Å². The SMILES string of the molecule is COc1ccc(C2=C(Sc3ccc(Cl)cc3)C(=O)N(c3ccc(C)c(C)c3)C2=O)cc1. The summed E-state index contributed by atoms with van der Waals surface area (Å²) in [7, 11) is 1.59. The van der Waals surface area contributed by atoms with Gasteiger partial charge in [0.05, 0.1) is 23.3 Å². The minimum absolute atomic E-state index is 0.334. The molecule has 3 aromatic carbocycles. The van der Waals surface area contributed by atoms with Gasteiger partial charge in [0.15, 0.2) is 0 Å². The average molecular weight is 450 g/mol. The van der Waals surface area contributed by atoms with Crippen LogP contribution in [0.3, 0.4) is 0 Å². The number of methoxy groups -OCH3 is 1. The van der Waals surface area contributed by atoms with Crippen molar-refractivity contribution in [3.8, 4) is 5.75 Å². The van der Waals surface area contributed by atoms with Gasteiger partial charge in [-0.05, 0) is 79.1 Å². The van der Waals surface area contributed by atoms with Gasteiger partial charge in [0.1, 0.15) is 5.75 Å². The van der Waals surface area contributed by atoms with Crippen LogP contribution in [0.1, 0.15) is 16.7 Å². The predicted octanol–water partition coefficient (Wildman–Crippen LogP) is 6.04. The molecule has 0 fully saturated rings. The predicted molar refractivity (Wildman–Crippen MR) is 126 cm³/mol. The largest absolute Gasteiger partial charge is 0.497 e. The lowest BCUT2D eigenvalue weighted by Gasteiger charge is -2.16. The summed E-state index contributed by atoms with van der Waals surface area (Å²) in [6.45, 7) is 3.96. The molecule has 3 aromatic rings. The van der Waals surface area contributed by atoms with Crippen molar-refractivity contribution in [2.24, 2.45) is 0 Å². The highest BCUT2D eigenvalue weighted by Gasteiger charge is 2.40. The number of nitrogens with zero attached hydrogens (tertiary/aromatic N) is 1. The molecule has 0 atom stereocenters. The Balaban J connectivity index is 1.81. The van der Waals surface area contributed by atoms with E-state index >= 15 is 0 Å². The molecule has 1 aliphatic heterocycles. The fourth-order valence-electron chi connectivity index (χ4n) is 3.34. The van der Waals surface area contributed by atoms with E-state index in [9.17, 15) is 9.59 Å². The van der Waals surface area contributed by atoms with E-state index in [-0.39, 0.29) is 11.8 Å². The van der Waals surface area contributed by atoms with Gasteiger partial charge in [-0.2, -0.15) is 0 Å². The molecule has 31 heavy (non-hydrogen) atoms. The summed E-state index contributed by atoms with van der Waals surface area (Å²) in [5, 5.41) is 0.610. The molecule has 0 aromatic heterocycles. The number of anilines is 1. The average Bonchev–Trinajstić information content (AvgIpc) is 3.01. The summed E-state index contributed by atoms with van der Waals surface area (Å²) in [6.07, 6.45) is 0. The summed E-state index contributed by atoms with van der Waals surface area (Å²) >= 11 is 7.27. The molecule has 0 saturated carbocycles. The van der Waals surface area contributed by atoms with Gasteiger partial charge in [-0.1, -0.05) is 41.6 Å². The van der Waals surface area contributed by atoms with Crippen molar-refractivity contribution in [2.75, 3.05) is 12.0 Å². The van der Waals surface area contributed by atoms with E-state index < -0.39 is 0 Å². The molecule has 0 unspecified atom stereocenters. The molecule has 2 amide bonds. The fraction of sp³-hybridized carbons (Fsp3) is 0.120. The number of carbonyl (C=O) groups is 2. The van der Waals surface area contributed by atoms with Crippen LogP contribution in [0.5, 0.6) is 5.75 Å². The van der Waals surface area contributed by atoms with E-state index in [0.717, 1.165) is 16.0 Å². The van der Waals surface area contributed by atoms with Gasteiger partial charge in [0.25, 0.3) is 11.8 Å². The zero-order valence-electron chi connectivity index (χ0n) is 17.3. The summed E-state index contributed by atoms with van der Waals surface area (Å²) in [5.41, 5.74) is 3.73. The van der Waals surface area contributed by atoms with Crippen molar-refractivity contribution < 1.29 is 14.3 Å². The molecule has 4 rings (SSSR count). The summed E-state index contributed by atoms with van der Waals surface area (Å²) in [5.74, 6) is 0.00736. The number of carbonyl (C=O) groups excluding carboxylic acids is 2. The molecule has 4 nitrogen and oxygen atoms in total. The Morgan fingerprint density at radius 3 is 2.13 bits per heavy atom. The molecule has 0 N–H and O–H groups in total. The number of imide groups is 1. The number of rotatable bonds is 5. The number of benzene rings is 3. The van der Waals surface area contributed by atoms with Crippen molar-refractivity contribution in [3.63, 3.8) is 0 Å². The second-order valence-electron chi connectivity index (χ2n) is 7.20. The van der Waals surface area contributed by atoms with E-state index in [1.807, 2.05) is 38.1 Å². The minimum atomic E-state index is -0.338. The molecule has 0 bridgehead atoms. The first kappa shape index (κ1) is 21.2. The van der Waals surface area contributed by atoms with Gasteiger partial charge in [-0.15, -0.1) is 0 Å². The standard InChI is InChI=1S/C25H20ClNO3S/c1-15-4-9-19(14-16(15)2)27-24(28)22(17-5-10-20(30-3)11-6-17)23(25(27)29)31-21-12-7-18(26)8-13-21/h4-14H,1-3H3. The Labute approximate surface area is 190 Å².